The van der Waals surface area contributed by atoms with E-state index in [-0.39, 0.29) is 18.8 Å². The fourth-order valence-corrected chi connectivity index (χ4v) is 3.74. The number of carbonyl (C=O) groups is 5. The van der Waals surface area contributed by atoms with Crippen LogP contribution in [0.15, 0.2) is 0 Å². The minimum Gasteiger partial charge on any atom is -0.481 e. The third-order valence-corrected chi connectivity index (χ3v) is 5.83. The third-order valence-electron chi connectivity index (χ3n) is 4.55. The standard InChI is InChI=1S/C20H36N4O7S2/c1-11(2)9-15(20(30)31)24-18(28)13(6-8-33-4)22-19(29)14(10-16(25)26)23-17(27)12(21)5-7-32-3/h11-15H,5-10,21H2,1-4H3,(H,22,29)(H,23,27)(H,24,28)(H,25,26)(H,30,31). The highest BCUT2D eigenvalue weighted by Gasteiger charge is 2.31. The summed E-state index contributed by atoms with van der Waals surface area (Å²) >= 11 is 2.91. The van der Waals surface area contributed by atoms with Crippen molar-refractivity contribution in [3.05, 3.63) is 0 Å². The zero-order valence-corrected chi connectivity index (χ0v) is 21.1. The molecular formula is C20H36N4O7S2. The van der Waals surface area contributed by atoms with Crippen molar-refractivity contribution >= 4 is 53.2 Å². The molecule has 0 aliphatic heterocycles. The molecule has 190 valence electrons. The van der Waals surface area contributed by atoms with Crippen LogP contribution in [0.25, 0.3) is 0 Å². The molecule has 0 saturated heterocycles. The molecule has 0 spiro atoms. The number of hydrogen-bond acceptors (Lipinski definition) is 8. The molecule has 13 heteroatoms. The zero-order chi connectivity index (χ0) is 25.6. The van der Waals surface area contributed by atoms with Crippen LogP contribution < -0.4 is 21.7 Å². The maximum Gasteiger partial charge on any atom is 0.326 e. The summed E-state index contributed by atoms with van der Waals surface area (Å²) in [6.07, 6.45) is 3.69. The third kappa shape index (κ3) is 13.3. The smallest absolute Gasteiger partial charge is 0.326 e. The summed E-state index contributed by atoms with van der Waals surface area (Å²) < 4.78 is 0. The normalized spacial score (nSPS) is 14.6. The maximum atomic E-state index is 12.8. The van der Waals surface area contributed by atoms with Gasteiger partial charge in [-0.15, -0.1) is 0 Å². The van der Waals surface area contributed by atoms with Crippen molar-refractivity contribution in [3.8, 4) is 0 Å². The van der Waals surface area contributed by atoms with Gasteiger partial charge >= 0.3 is 11.9 Å². The van der Waals surface area contributed by atoms with E-state index >= 15 is 0 Å². The first-order valence-electron chi connectivity index (χ1n) is 10.5. The number of carboxylic acid groups (broad SMARTS) is 2. The van der Waals surface area contributed by atoms with Crippen molar-refractivity contribution in [2.75, 3.05) is 24.0 Å². The molecule has 0 aliphatic carbocycles. The molecule has 11 nitrogen and oxygen atoms in total. The topological polar surface area (TPSA) is 188 Å². The molecule has 4 unspecified atom stereocenters. The number of nitrogens with one attached hydrogen (secondary N) is 3. The maximum absolute atomic E-state index is 12.8. The Bertz CT molecular complexity index is 679. The molecule has 0 radical (unpaired) electrons. The number of nitrogens with two attached hydrogens (primary N) is 1. The second kappa shape index (κ2) is 16.6. The molecule has 0 aromatic heterocycles. The van der Waals surface area contributed by atoms with Gasteiger partial charge in [-0.25, -0.2) is 4.79 Å². The van der Waals surface area contributed by atoms with Gasteiger partial charge in [0.05, 0.1) is 12.5 Å². The molecule has 0 saturated carbocycles. The van der Waals surface area contributed by atoms with Crippen molar-refractivity contribution in [1.82, 2.24) is 16.0 Å². The van der Waals surface area contributed by atoms with E-state index in [2.05, 4.69) is 16.0 Å². The van der Waals surface area contributed by atoms with E-state index in [1.165, 1.54) is 23.5 Å². The average molecular weight is 509 g/mol. The average Bonchev–Trinajstić information content (AvgIpc) is 2.72. The van der Waals surface area contributed by atoms with Crippen molar-refractivity contribution in [3.63, 3.8) is 0 Å². The summed E-state index contributed by atoms with van der Waals surface area (Å²) in [5.74, 6) is -3.63. The number of carboxylic acids is 2. The molecule has 33 heavy (non-hydrogen) atoms. The predicted molar refractivity (Wildman–Crippen MR) is 129 cm³/mol. The highest BCUT2D eigenvalue weighted by atomic mass is 32.2. The quantitative estimate of drug-likeness (QED) is 0.154. The summed E-state index contributed by atoms with van der Waals surface area (Å²) in [4.78, 5) is 60.6. The van der Waals surface area contributed by atoms with Crippen LogP contribution in [0.3, 0.4) is 0 Å². The van der Waals surface area contributed by atoms with Crippen LogP contribution in [0.5, 0.6) is 0 Å². The first kappa shape index (κ1) is 31.0. The summed E-state index contributed by atoms with van der Waals surface area (Å²) in [6, 6.07) is -4.58. The minimum absolute atomic E-state index is 0.0103. The van der Waals surface area contributed by atoms with E-state index in [1.54, 1.807) is 6.26 Å². The van der Waals surface area contributed by atoms with Crippen molar-refractivity contribution < 1.29 is 34.2 Å². The first-order valence-corrected chi connectivity index (χ1v) is 13.3. The lowest BCUT2D eigenvalue weighted by Crippen LogP contribution is -2.57. The Hall–Kier alpha value is -1.99. The van der Waals surface area contributed by atoms with Crippen LogP contribution in [0, 0.1) is 5.92 Å². The molecule has 0 heterocycles. The fourth-order valence-electron chi connectivity index (χ4n) is 2.78. The van der Waals surface area contributed by atoms with Gasteiger partial charge in [0.2, 0.25) is 17.7 Å². The van der Waals surface area contributed by atoms with Crippen LogP contribution >= 0.6 is 23.5 Å². The van der Waals surface area contributed by atoms with Gasteiger partial charge in [-0.2, -0.15) is 23.5 Å². The number of rotatable bonds is 17. The summed E-state index contributed by atoms with van der Waals surface area (Å²) in [7, 11) is 0. The van der Waals surface area contributed by atoms with Gasteiger partial charge in [0.15, 0.2) is 0 Å². The van der Waals surface area contributed by atoms with Crippen molar-refractivity contribution in [2.24, 2.45) is 11.7 Å². The molecule has 4 atom stereocenters. The van der Waals surface area contributed by atoms with Crippen LogP contribution in [-0.2, 0) is 24.0 Å². The highest BCUT2D eigenvalue weighted by molar-refractivity contribution is 7.98. The molecule has 0 aromatic carbocycles. The molecule has 0 aliphatic rings. The Morgan fingerprint density at radius 1 is 0.788 bits per heavy atom. The van der Waals surface area contributed by atoms with Crippen LogP contribution in [0.1, 0.15) is 39.5 Å². The number of thioether (sulfide) groups is 2. The van der Waals surface area contributed by atoms with Gasteiger partial charge < -0.3 is 31.9 Å². The molecule has 7 N–H and O–H groups in total. The van der Waals surface area contributed by atoms with Crippen LogP contribution in [-0.4, -0.2) is 88.1 Å². The lowest BCUT2D eigenvalue weighted by atomic mass is 10.0. The molecule has 0 aromatic rings. The van der Waals surface area contributed by atoms with Crippen LogP contribution in [0.4, 0.5) is 0 Å². The zero-order valence-electron chi connectivity index (χ0n) is 19.5. The SMILES string of the molecule is CSCCC(N)C(=O)NC(CC(=O)O)C(=O)NC(CCSC)C(=O)NC(CC(C)C)C(=O)O. The number of hydrogen-bond donors (Lipinski definition) is 6. The van der Waals surface area contributed by atoms with E-state index in [0.29, 0.717) is 17.9 Å². The van der Waals surface area contributed by atoms with Crippen molar-refractivity contribution in [1.29, 1.82) is 0 Å². The van der Waals surface area contributed by atoms with Gasteiger partial charge in [0.1, 0.15) is 18.1 Å². The largest absolute Gasteiger partial charge is 0.481 e. The van der Waals surface area contributed by atoms with Crippen molar-refractivity contribution in [2.45, 2.75) is 63.7 Å². The number of aliphatic carboxylic acids is 2. The first-order chi connectivity index (χ1) is 15.4. The number of amides is 3. The second-order valence-corrected chi connectivity index (χ2v) is 9.89. The van der Waals surface area contributed by atoms with E-state index in [4.69, 9.17) is 10.8 Å². The minimum atomic E-state index is -1.44. The molecule has 0 rings (SSSR count). The van der Waals surface area contributed by atoms with Gasteiger partial charge in [-0.1, -0.05) is 13.8 Å². The Morgan fingerprint density at radius 2 is 1.27 bits per heavy atom. The second-order valence-electron chi connectivity index (χ2n) is 7.92. The van der Waals surface area contributed by atoms with E-state index in [1.807, 2.05) is 20.1 Å². The Morgan fingerprint density at radius 3 is 1.76 bits per heavy atom. The summed E-state index contributed by atoms with van der Waals surface area (Å²) in [5.41, 5.74) is 5.79. The number of carbonyl (C=O) groups excluding carboxylic acids is 3. The van der Waals surface area contributed by atoms with Gasteiger partial charge in [0.25, 0.3) is 0 Å². The predicted octanol–water partition coefficient (Wildman–Crippen LogP) is -0.120. The molecular weight excluding hydrogens is 472 g/mol. The lowest BCUT2D eigenvalue weighted by molar-refractivity contribution is -0.143. The van der Waals surface area contributed by atoms with E-state index in [0.717, 1.165) is 0 Å². The Kier molecular flexibility index (Phi) is 15.6. The summed E-state index contributed by atoms with van der Waals surface area (Å²) in [5, 5.41) is 25.8. The molecule has 0 bridgehead atoms. The Balaban J connectivity index is 5.43. The van der Waals surface area contributed by atoms with E-state index in [9.17, 15) is 29.1 Å². The highest BCUT2D eigenvalue weighted by Crippen LogP contribution is 2.08. The van der Waals surface area contributed by atoms with Gasteiger partial charge in [-0.05, 0) is 49.2 Å². The monoisotopic (exact) mass is 508 g/mol. The van der Waals surface area contributed by atoms with Crippen LogP contribution in [0.2, 0.25) is 0 Å². The van der Waals surface area contributed by atoms with Gasteiger partial charge in [0, 0.05) is 0 Å². The Labute approximate surface area is 202 Å². The molecule has 3 amide bonds. The van der Waals surface area contributed by atoms with Gasteiger partial charge in [-0.3, -0.25) is 19.2 Å². The summed E-state index contributed by atoms with van der Waals surface area (Å²) in [6.45, 7) is 3.64. The molecule has 0 fully saturated rings. The lowest BCUT2D eigenvalue weighted by Gasteiger charge is -2.25. The van der Waals surface area contributed by atoms with E-state index < -0.39 is 60.2 Å². The fraction of sp³-hybridized carbons (Fsp3) is 0.750.